The standard InChI is InChI=1S/C8H18FN3O2/c1-11(2)8(14)12(3)5-6(10)7(13)4-9/h6-7,13H,4-5,10H2,1-3H3. The molecule has 2 unspecified atom stereocenters. The highest BCUT2D eigenvalue weighted by Gasteiger charge is 2.19. The van der Waals surface area contributed by atoms with Gasteiger partial charge in [0.15, 0.2) is 0 Å². The maximum Gasteiger partial charge on any atom is 0.319 e. The average Bonchev–Trinajstić information content (AvgIpc) is 2.14. The second-order valence-electron chi connectivity index (χ2n) is 3.44. The number of alkyl halides is 1. The third kappa shape index (κ3) is 3.89. The van der Waals surface area contributed by atoms with Crippen molar-refractivity contribution in [3.63, 3.8) is 0 Å². The van der Waals surface area contributed by atoms with Crippen molar-refractivity contribution in [2.45, 2.75) is 12.1 Å². The number of aliphatic hydroxyl groups is 1. The molecule has 6 heteroatoms. The largest absolute Gasteiger partial charge is 0.389 e. The van der Waals surface area contributed by atoms with Crippen LogP contribution >= 0.6 is 0 Å². The van der Waals surface area contributed by atoms with E-state index in [9.17, 15) is 9.18 Å². The second kappa shape index (κ2) is 5.77. The number of urea groups is 1. The molecule has 0 rings (SSSR count). The Bertz CT molecular complexity index is 189. The lowest BCUT2D eigenvalue weighted by molar-refractivity contribution is 0.0987. The van der Waals surface area contributed by atoms with E-state index in [0.717, 1.165) is 0 Å². The molecule has 84 valence electrons. The van der Waals surface area contributed by atoms with Crippen LogP contribution in [0.3, 0.4) is 0 Å². The maximum absolute atomic E-state index is 12.0. The van der Waals surface area contributed by atoms with Crippen LogP contribution in [0.25, 0.3) is 0 Å². The molecular formula is C8H18FN3O2. The Kier molecular flexibility index (Phi) is 5.40. The molecule has 0 radical (unpaired) electrons. The monoisotopic (exact) mass is 207 g/mol. The van der Waals surface area contributed by atoms with Gasteiger partial charge in [-0.1, -0.05) is 0 Å². The minimum Gasteiger partial charge on any atom is -0.389 e. The van der Waals surface area contributed by atoms with E-state index in [1.807, 2.05) is 0 Å². The summed E-state index contributed by atoms with van der Waals surface area (Å²) >= 11 is 0. The highest BCUT2D eigenvalue weighted by Crippen LogP contribution is 1.97. The van der Waals surface area contributed by atoms with Gasteiger partial charge in [0.2, 0.25) is 0 Å². The molecule has 0 aromatic rings. The number of hydrogen-bond acceptors (Lipinski definition) is 3. The van der Waals surface area contributed by atoms with Crippen LogP contribution in [0.2, 0.25) is 0 Å². The molecule has 0 aromatic heterocycles. The summed E-state index contributed by atoms with van der Waals surface area (Å²) in [5.74, 6) is 0. The number of aliphatic hydroxyl groups excluding tert-OH is 1. The van der Waals surface area contributed by atoms with Gasteiger partial charge in [-0.15, -0.1) is 0 Å². The number of halogens is 1. The molecule has 0 aliphatic rings. The third-order valence-corrected chi connectivity index (χ3v) is 1.85. The first-order valence-electron chi connectivity index (χ1n) is 4.32. The summed E-state index contributed by atoms with van der Waals surface area (Å²) in [6.45, 7) is -0.771. The number of carbonyl (C=O) groups is 1. The van der Waals surface area contributed by atoms with E-state index >= 15 is 0 Å². The summed E-state index contributed by atoms with van der Waals surface area (Å²) in [6.07, 6.45) is -1.22. The van der Waals surface area contributed by atoms with E-state index in [1.165, 1.54) is 9.80 Å². The van der Waals surface area contributed by atoms with Gasteiger partial charge in [0.25, 0.3) is 0 Å². The topological polar surface area (TPSA) is 69.8 Å². The highest BCUT2D eigenvalue weighted by atomic mass is 19.1. The molecule has 3 N–H and O–H groups in total. The fraction of sp³-hybridized carbons (Fsp3) is 0.875. The molecule has 0 saturated carbocycles. The minimum atomic E-state index is -1.22. The van der Waals surface area contributed by atoms with Gasteiger partial charge in [0.1, 0.15) is 6.67 Å². The van der Waals surface area contributed by atoms with E-state index in [1.54, 1.807) is 21.1 Å². The average molecular weight is 207 g/mol. The van der Waals surface area contributed by atoms with Crippen LogP contribution < -0.4 is 5.73 Å². The number of rotatable bonds is 4. The van der Waals surface area contributed by atoms with Gasteiger partial charge in [0, 0.05) is 27.7 Å². The number of nitrogens with zero attached hydrogens (tertiary/aromatic N) is 2. The Hall–Kier alpha value is -0.880. The number of carbonyl (C=O) groups excluding carboxylic acids is 1. The van der Waals surface area contributed by atoms with Crippen molar-refractivity contribution in [3.05, 3.63) is 0 Å². The van der Waals surface area contributed by atoms with Gasteiger partial charge >= 0.3 is 6.03 Å². The highest BCUT2D eigenvalue weighted by molar-refractivity contribution is 5.73. The van der Waals surface area contributed by atoms with Gasteiger partial charge in [-0.3, -0.25) is 0 Å². The van der Waals surface area contributed by atoms with E-state index in [4.69, 9.17) is 10.8 Å². The Balaban J connectivity index is 4.05. The van der Waals surface area contributed by atoms with Crippen LogP contribution in [0.1, 0.15) is 0 Å². The van der Waals surface area contributed by atoms with Gasteiger partial charge in [0.05, 0.1) is 12.1 Å². The zero-order chi connectivity index (χ0) is 11.3. The smallest absolute Gasteiger partial charge is 0.319 e. The number of likely N-dealkylation sites (N-methyl/N-ethyl adjacent to an activating group) is 1. The molecule has 0 heterocycles. The second-order valence-corrected chi connectivity index (χ2v) is 3.44. The molecule has 0 spiro atoms. The number of amides is 2. The van der Waals surface area contributed by atoms with Crippen molar-refractivity contribution < 1.29 is 14.3 Å². The fourth-order valence-corrected chi connectivity index (χ4v) is 0.972. The Morgan fingerprint density at radius 2 is 2.00 bits per heavy atom. The van der Waals surface area contributed by atoms with Crippen LogP contribution in [0, 0.1) is 0 Å². The normalized spacial score (nSPS) is 14.7. The van der Waals surface area contributed by atoms with E-state index in [0.29, 0.717) is 0 Å². The quantitative estimate of drug-likeness (QED) is 0.637. The molecule has 0 aromatic carbocycles. The number of nitrogens with two attached hydrogens (primary N) is 1. The fourth-order valence-electron chi connectivity index (χ4n) is 0.972. The van der Waals surface area contributed by atoms with Crippen LogP contribution in [-0.4, -0.2) is 67.4 Å². The lowest BCUT2D eigenvalue weighted by atomic mass is 10.2. The van der Waals surface area contributed by atoms with Crippen molar-refractivity contribution in [2.24, 2.45) is 5.73 Å². The summed E-state index contributed by atoms with van der Waals surface area (Å²) in [4.78, 5) is 14.0. The Morgan fingerprint density at radius 3 is 2.36 bits per heavy atom. The van der Waals surface area contributed by atoms with Crippen LogP contribution in [0.15, 0.2) is 0 Å². The molecule has 0 aliphatic heterocycles. The first kappa shape index (κ1) is 13.1. The summed E-state index contributed by atoms with van der Waals surface area (Å²) in [5, 5.41) is 9.04. The summed E-state index contributed by atoms with van der Waals surface area (Å²) in [6, 6.07) is -0.986. The summed E-state index contributed by atoms with van der Waals surface area (Å²) in [7, 11) is 4.76. The first-order valence-corrected chi connectivity index (χ1v) is 4.32. The van der Waals surface area contributed by atoms with E-state index in [-0.39, 0.29) is 12.6 Å². The van der Waals surface area contributed by atoms with Gasteiger partial charge in [-0.2, -0.15) is 0 Å². The zero-order valence-electron chi connectivity index (χ0n) is 8.77. The van der Waals surface area contributed by atoms with Crippen molar-refractivity contribution in [2.75, 3.05) is 34.4 Å². The Morgan fingerprint density at radius 1 is 1.50 bits per heavy atom. The predicted molar refractivity (Wildman–Crippen MR) is 51.7 cm³/mol. The van der Waals surface area contributed by atoms with Crippen LogP contribution in [-0.2, 0) is 0 Å². The van der Waals surface area contributed by atoms with Crippen LogP contribution in [0.4, 0.5) is 9.18 Å². The molecule has 0 saturated heterocycles. The maximum atomic E-state index is 12.0. The molecule has 0 bridgehead atoms. The molecule has 2 amide bonds. The van der Waals surface area contributed by atoms with Crippen molar-refractivity contribution in [1.82, 2.24) is 9.80 Å². The molecule has 0 fully saturated rings. The molecule has 14 heavy (non-hydrogen) atoms. The first-order chi connectivity index (χ1) is 6.40. The zero-order valence-corrected chi connectivity index (χ0v) is 8.77. The number of hydrogen-bond donors (Lipinski definition) is 2. The van der Waals surface area contributed by atoms with E-state index < -0.39 is 18.8 Å². The summed E-state index contributed by atoms with van der Waals surface area (Å²) in [5.41, 5.74) is 5.46. The molecular weight excluding hydrogens is 189 g/mol. The Labute approximate surface area is 83.3 Å². The van der Waals surface area contributed by atoms with Crippen molar-refractivity contribution in [1.29, 1.82) is 0 Å². The van der Waals surface area contributed by atoms with Crippen molar-refractivity contribution in [3.8, 4) is 0 Å². The van der Waals surface area contributed by atoms with Gasteiger partial charge in [-0.25, -0.2) is 9.18 Å². The lowest BCUT2D eigenvalue weighted by Gasteiger charge is -2.26. The molecule has 2 atom stereocenters. The third-order valence-electron chi connectivity index (χ3n) is 1.85. The molecule has 0 aliphatic carbocycles. The van der Waals surface area contributed by atoms with Crippen LogP contribution in [0.5, 0.6) is 0 Å². The minimum absolute atomic E-state index is 0.127. The lowest BCUT2D eigenvalue weighted by Crippen LogP contribution is -2.48. The van der Waals surface area contributed by atoms with Gasteiger partial charge in [-0.05, 0) is 0 Å². The van der Waals surface area contributed by atoms with Crippen molar-refractivity contribution >= 4 is 6.03 Å². The SMILES string of the molecule is CN(C)C(=O)N(C)CC(N)C(O)CF. The van der Waals surface area contributed by atoms with E-state index in [2.05, 4.69) is 0 Å². The summed E-state index contributed by atoms with van der Waals surface area (Å²) < 4.78 is 12.0. The van der Waals surface area contributed by atoms with Gasteiger partial charge < -0.3 is 20.6 Å². The predicted octanol–water partition coefficient (Wildman–Crippen LogP) is -0.742. The molecule has 5 nitrogen and oxygen atoms in total.